The van der Waals surface area contributed by atoms with Gasteiger partial charge in [-0.1, -0.05) is 48.5 Å². The minimum absolute atomic E-state index is 0.112. The summed E-state index contributed by atoms with van der Waals surface area (Å²) in [5.41, 5.74) is 2.55. The minimum atomic E-state index is -3.81. The zero-order valence-corrected chi connectivity index (χ0v) is 22.3. The fraction of sp³-hybridized carbons (Fsp3) is 0.167. The molecule has 4 aromatic rings. The zero-order chi connectivity index (χ0) is 27.1. The first kappa shape index (κ1) is 26.8. The van der Waals surface area contributed by atoms with Crippen molar-refractivity contribution in [3.63, 3.8) is 0 Å². The highest BCUT2D eigenvalue weighted by atomic mass is 32.2. The third-order valence-electron chi connectivity index (χ3n) is 6.17. The molecule has 0 bridgehead atoms. The predicted octanol–water partition coefficient (Wildman–Crippen LogP) is 5.59. The molecule has 1 N–H and O–H groups in total. The number of carbonyl (C=O) groups excluding carboxylic acids is 1. The molecule has 0 saturated heterocycles. The number of carbonyl (C=O) groups is 1. The third kappa shape index (κ3) is 5.98. The number of hydrogen-bond donors (Lipinski definition) is 1. The van der Waals surface area contributed by atoms with Crippen molar-refractivity contribution in [1.29, 1.82) is 0 Å². The van der Waals surface area contributed by atoms with Gasteiger partial charge in [0.05, 0.1) is 37.4 Å². The average Bonchev–Trinajstić information content (AvgIpc) is 2.96. The van der Waals surface area contributed by atoms with Crippen LogP contribution < -0.4 is 19.1 Å². The number of rotatable bonds is 10. The van der Waals surface area contributed by atoms with Crippen molar-refractivity contribution in [2.75, 3.05) is 18.5 Å². The quantitative estimate of drug-likeness (QED) is 0.289. The van der Waals surface area contributed by atoms with Gasteiger partial charge < -0.3 is 14.8 Å². The van der Waals surface area contributed by atoms with E-state index in [0.717, 1.165) is 11.1 Å². The van der Waals surface area contributed by atoms with E-state index in [1.54, 1.807) is 105 Å². The Morgan fingerprint density at radius 2 is 1.47 bits per heavy atom. The number of para-hydroxylation sites is 1. The molecule has 4 rings (SSSR count). The summed E-state index contributed by atoms with van der Waals surface area (Å²) < 4.78 is 39.1. The van der Waals surface area contributed by atoms with Gasteiger partial charge in [0.1, 0.15) is 11.5 Å². The molecular weight excluding hydrogens is 500 g/mol. The maximum atomic E-state index is 13.5. The zero-order valence-electron chi connectivity index (χ0n) is 21.5. The molecule has 0 unspecified atom stereocenters. The highest BCUT2D eigenvalue weighted by Crippen LogP contribution is 2.30. The van der Waals surface area contributed by atoms with E-state index in [9.17, 15) is 13.2 Å². The van der Waals surface area contributed by atoms with Crippen LogP contribution >= 0.6 is 0 Å². The van der Waals surface area contributed by atoms with E-state index in [-0.39, 0.29) is 23.4 Å². The first-order valence-corrected chi connectivity index (χ1v) is 13.5. The average molecular weight is 531 g/mol. The summed E-state index contributed by atoms with van der Waals surface area (Å²) in [6, 6.07) is 29.3. The first-order valence-electron chi connectivity index (χ1n) is 12.1. The number of methoxy groups -OCH3 is 2. The molecule has 0 radical (unpaired) electrons. The fourth-order valence-electron chi connectivity index (χ4n) is 4.09. The molecular formula is C30H30N2O5S. The molecule has 0 fully saturated rings. The Balaban J connectivity index is 1.54. The Labute approximate surface area is 223 Å². The van der Waals surface area contributed by atoms with Crippen molar-refractivity contribution >= 4 is 21.6 Å². The summed E-state index contributed by atoms with van der Waals surface area (Å²) in [7, 11) is -0.643. The van der Waals surface area contributed by atoms with E-state index in [0.29, 0.717) is 22.7 Å². The van der Waals surface area contributed by atoms with Crippen LogP contribution in [0.2, 0.25) is 0 Å². The molecule has 7 nitrogen and oxygen atoms in total. The van der Waals surface area contributed by atoms with Gasteiger partial charge in [-0.25, -0.2) is 8.42 Å². The van der Waals surface area contributed by atoms with Crippen LogP contribution in [-0.4, -0.2) is 28.5 Å². The third-order valence-corrected chi connectivity index (χ3v) is 7.96. The lowest BCUT2D eigenvalue weighted by Crippen LogP contribution is -2.30. The summed E-state index contributed by atoms with van der Waals surface area (Å²) in [6.45, 7) is 1.98. The van der Waals surface area contributed by atoms with Crippen molar-refractivity contribution in [3.05, 3.63) is 120 Å². The Bertz CT molecular complexity index is 1470. The van der Waals surface area contributed by atoms with Gasteiger partial charge in [0, 0.05) is 11.1 Å². The smallest absolute Gasteiger partial charge is 0.264 e. The number of nitrogens with one attached hydrogen (secondary N) is 1. The van der Waals surface area contributed by atoms with Crippen LogP contribution in [0.5, 0.6) is 11.5 Å². The Kier molecular flexibility index (Phi) is 8.33. The van der Waals surface area contributed by atoms with Crippen molar-refractivity contribution in [3.8, 4) is 11.5 Å². The van der Waals surface area contributed by atoms with Gasteiger partial charge in [0.25, 0.3) is 15.9 Å². The number of amides is 1. The van der Waals surface area contributed by atoms with Crippen molar-refractivity contribution < 1.29 is 22.7 Å². The summed E-state index contributed by atoms with van der Waals surface area (Å²) in [6.07, 6.45) is 0. The topological polar surface area (TPSA) is 84.9 Å². The summed E-state index contributed by atoms with van der Waals surface area (Å²) >= 11 is 0. The maximum absolute atomic E-state index is 13.5. The second-order valence-electron chi connectivity index (χ2n) is 8.66. The van der Waals surface area contributed by atoms with Gasteiger partial charge in [0.2, 0.25) is 0 Å². The van der Waals surface area contributed by atoms with Crippen LogP contribution in [0.4, 0.5) is 5.69 Å². The van der Waals surface area contributed by atoms with Gasteiger partial charge in [-0.3, -0.25) is 9.10 Å². The fourth-order valence-corrected chi connectivity index (χ4v) is 5.57. The van der Waals surface area contributed by atoms with E-state index in [4.69, 9.17) is 9.47 Å². The van der Waals surface area contributed by atoms with E-state index in [1.165, 1.54) is 4.31 Å². The van der Waals surface area contributed by atoms with E-state index < -0.39 is 10.0 Å². The molecule has 0 aliphatic heterocycles. The molecule has 1 atom stereocenters. The van der Waals surface area contributed by atoms with Gasteiger partial charge >= 0.3 is 0 Å². The molecule has 0 aliphatic rings. The molecule has 4 aromatic carbocycles. The second kappa shape index (κ2) is 11.8. The van der Waals surface area contributed by atoms with Crippen LogP contribution in [0.15, 0.2) is 108 Å². The summed E-state index contributed by atoms with van der Waals surface area (Å²) in [5, 5.41) is 2.99. The second-order valence-corrected chi connectivity index (χ2v) is 10.5. The highest BCUT2D eigenvalue weighted by Gasteiger charge is 2.25. The predicted molar refractivity (Wildman–Crippen MR) is 148 cm³/mol. The van der Waals surface area contributed by atoms with Gasteiger partial charge in [-0.05, 0) is 67.1 Å². The van der Waals surface area contributed by atoms with Gasteiger partial charge in [-0.15, -0.1) is 0 Å². The number of benzene rings is 4. The Morgan fingerprint density at radius 1 is 0.842 bits per heavy atom. The molecule has 196 valence electrons. The molecule has 1 amide bonds. The van der Waals surface area contributed by atoms with E-state index in [1.807, 2.05) is 19.1 Å². The van der Waals surface area contributed by atoms with Crippen LogP contribution in [0.3, 0.4) is 0 Å². The first-order chi connectivity index (χ1) is 18.3. The molecule has 0 heterocycles. The number of sulfonamides is 1. The minimum Gasteiger partial charge on any atom is -0.497 e. The lowest BCUT2D eigenvalue weighted by Gasteiger charge is -2.25. The van der Waals surface area contributed by atoms with E-state index >= 15 is 0 Å². The Hall–Kier alpha value is -4.30. The van der Waals surface area contributed by atoms with Crippen LogP contribution in [0.25, 0.3) is 0 Å². The molecule has 8 heteroatoms. The summed E-state index contributed by atoms with van der Waals surface area (Å²) in [5.74, 6) is 1.06. The van der Waals surface area contributed by atoms with Crippen LogP contribution in [-0.2, 0) is 16.6 Å². The largest absolute Gasteiger partial charge is 0.497 e. The van der Waals surface area contributed by atoms with Crippen molar-refractivity contribution in [2.45, 2.75) is 24.4 Å². The number of hydrogen-bond acceptors (Lipinski definition) is 5. The summed E-state index contributed by atoms with van der Waals surface area (Å²) in [4.78, 5) is 13.2. The lowest BCUT2D eigenvalue weighted by atomic mass is 10.1. The van der Waals surface area contributed by atoms with Crippen molar-refractivity contribution in [2.24, 2.45) is 0 Å². The molecule has 38 heavy (non-hydrogen) atoms. The maximum Gasteiger partial charge on any atom is 0.264 e. The van der Waals surface area contributed by atoms with Crippen LogP contribution in [0.1, 0.15) is 34.5 Å². The number of anilines is 1. The standard InChI is InChI=1S/C30H30N2O5S/c1-22(28-20-26(36-2)18-19-29(28)37-3)31-30(33)24-16-14-23(15-17-24)21-32(25-10-6-4-7-11-25)38(34,35)27-12-8-5-9-13-27/h4-20,22H,21H2,1-3H3,(H,31,33)/t22-/m1/s1. The SMILES string of the molecule is COc1ccc(OC)c([C@@H](C)NC(=O)c2ccc(CN(c3ccccc3)S(=O)(=O)c3ccccc3)cc2)c1. The molecule has 0 saturated carbocycles. The van der Waals surface area contributed by atoms with Crippen LogP contribution in [0, 0.1) is 0 Å². The molecule has 0 aromatic heterocycles. The monoisotopic (exact) mass is 530 g/mol. The van der Waals surface area contributed by atoms with Gasteiger partial charge in [0.15, 0.2) is 0 Å². The Morgan fingerprint density at radius 3 is 2.08 bits per heavy atom. The number of ether oxygens (including phenoxy) is 2. The van der Waals surface area contributed by atoms with Gasteiger partial charge in [-0.2, -0.15) is 0 Å². The number of nitrogens with zero attached hydrogens (tertiary/aromatic N) is 1. The molecule has 0 aliphatic carbocycles. The van der Waals surface area contributed by atoms with Crippen molar-refractivity contribution in [1.82, 2.24) is 5.32 Å². The normalized spacial score (nSPS) is 11.9. The molecule has 0 spiro atoms. The lowest BCUT2D eigenvalue weighted by molar-refractivity contribution is 0.0939. The highest BCUT2D eigenvalue weighted by molar-refractivity contribution is 7.92. The van der Waals surface area contributed by atoms with E-state index in [2.05, 4.69) is 5.32 Å².